The molecular formula is C31H26F3N5O5S. The van der Waals surface area contributed by atoms with Crippen molar-refractivity contribution in [2.45, 2.75) is 32.5 Å². The van der Waals surface area contributed by atoms with Crippen LogP contribution >= 0.6 is 11.8 Å². The highest BCUT2D eigenvalue weighted by molar-refractivity contribution is 8.15. The molecule has 0 aliphatic carbocycles. The van der Waals surface area contributed by atoms with Crippen LogP contribution in [0.1, 0.15) is 24.0 Å². The molecule has 45 heavy (non-hydrogen) atoms. The average molecular weight is 638 g/mol. The molecule has 1 aromatic heterocycles. The molecule has 3 aromatic carbocycles. The number of ether oxygens (including phenoxy) is 1. The molecule has 5 rings (SSSR count). The van der Waals surface area contributed by atoms with Crippen LogP contribution in [0.3, 0.4) is 0 Å². The molecule has 1 aliphatic rings. The van der Waals surface area contributed by atoms with Crippen LogP contribution in [-0.2, 0) is 20.8 Å². The summed E-state index contributed by atoms with van der Waals surface area (Å²) in [6.45, 7) is 1.85. The Bertz CT molecular complexity index is 1740. The minimum absolute atomic E-state index is 0.141. The van der Waals surface area contributed by atoms with Gasteiger partial charge < -0.3 is 9.84 Å². The van der Waals surface area contributed by atoms with E-state index in [4.69, 9.17) is 0 Å². The quantitative estimate of drug-likeness (QED) is 0.230. The zero-order chi connectivity index (χ0) is 32.1. The third kappa shape index (κ3) is 7.95. The van der Waals surface area contributed by atoms with Crippen LogP contribution in [0.5, 0.6) is 5.75 Å². The van der Waals surface area contributed by atoms with Crippen LogP contribution in [0.2, 0.25) is 0 Å². The van der Waals surface area contributed by atoms with Crippen LogP contribution in [0.25, 0.3) is 17.1 Å². The first-order valence-corrected chi connectivity index (χ1v) is 14.7. The Morgan fingerprint density at radius 1 is 1.07 bits per heavy atom. The lowest BCUT2D eigenvalue weighted by atomic mass is 9.96. The fourth-order valence-electron chi connectivity index (χ4n) is 4.65. The predicted octanol–water partition coefficient (Wildman–Crippen LogP) is 5.83. The van der Waals surface area contributed by atoms with Crippen molar-refractivity contribution in [2.24, 2.45) is 10.9 Å². The molecule has 1 aliphatic heterocycles. The number of hydrogen-bond donors (Lipinski definition) is 1. The summed E-state index contributed by atoms with van der Waals surface area (Å²) in [6.07, 6.45) is -3.08. The van der Waals surface area contributed by atoms with Crippen LogP contribution in [-0.4, -0.2) is 54.9 Å². The topological polar surface area (TPSA) is 127 Å². The van der Waals surface area contributed by atoms with E-state index in [-0.39, 0.29) is 35.4 Å². The van der Waals surface area contributed by atoms with Gasteiger partial charge in [-0.2, -0.15) is 4.99 Å². The SMILES string of the molecule is Cc1ccccc1N1C(=O)CSC1=NC(=O)CC(CCc1ccc(-c2ncn(-c3ccc(OC(F)(F)F)cc3)n2)cc1)C(=O)O. The van der Waals surface area contributed by atoms with Crippen molar-refractivity contribution in [3.8, 4) is 22.8 Å². The summed E-state index contributed by atoms with van der Waals surface area (Å²) in [5.74, 6) is -2.72. The van der Waals surface area contributed by atoms with Gasteiger partial charge in [0.05, 0.1) is 23.0 Å². The van der Waals surface area contributed by atoms with Crippen molar-refractivity contribution in [2.75, 3.05) is 10.7 Å². The van der Waals surface area contributed by atoms with E-state index >= 15 is 0 Å². The van der Waals surface area contributed by atoms with Gasteiger partial charge in [-0.25, -0.2) is 9.67 Å². The summed E-state index contributed by atoms with van der Waals surface area (Å²) in [7, 11) is 0. The summed E-state index contributed by atoms with van der Waals surface area (Å²) in [4.78, 5) is 47.1. The highest BCUT2D eigenvalue weighted by atomic mass is 32.2. The number of anilines is 1. The van der Waals surface area contributed by atoms with Gasteiger partial charge in [-0.05, 0) is 61.2 Å². The average Bonchev–Trinajstić information content (AvgIpc) is 3.62. The van der Waals surface area contributed by atoms with E-state index < -0.39 is 24.2 Å². The Balaban J connectivity index is 1.19. The maximum atomic E-state index is 12.8. The molecule has 2 heterocycles. The Labute approximate surface area is 259 Å². The maximum Gasteiger partial charge on any atom is 0.573 e. The van der Waals surface area contributed by atoms with Gasteiger partial charge in [0.1, 0.15) is 12.1 Å². The molecule has 0 bridgehead atoms. The molecule has 1 saturated heterocycles. The van der Waals surface area contributed by atoms with E-state index in [1.54, 1.807) is 36.4 Å². The summed E-state index contributed by atoms with van der Waals surface area (Å²) in [6, 6.07) is 19.6. The van der Waals surface area contributed by atoms with Crippen molar-refractivity contribution < 1.29 is 37.4 Å². The highest BCUT2D eigenvalue weighted by Crippen LogP contribution is 2.30. The molecule has 1 fully saturated rings. The lowest BCUT2D eigenvalue weighted by Crippen LogP contribution is -2.30. The molecule has 4 aromatic rings. The third-order valence-electron chi connectivity index (χ3n) is 6.93. The number of hydrogen-bond acceptors (Lipinski definition) is 7. The van der Waals surface area contributed by atoms with Gasteiger partial charge in [0, 0.05) is 12.0 Å². The predicted molar refractivity (Wildman–Crippen MR) is 161 cm³/mol. The van der Waals surface area contributed by atoms with Gasteiger partial charge in [0.25, 0.3) is 0 Å². The number of para-hydroxylation sites is 1. The number of carboxylic acids is 1. The summed E-state index contributed by atoms with van der Waals surface area (Å²) >= 11 is 1.14. The number of amides is 2. The Kier molecular flexibility index (Phi) is 9.32. The Hall–Kier alpha value is -4.98. The second-order valence-electron chi connectivity index (χ2n) is 10.1. The largest absolute Gasteiger partial charge is 0.573 e. The van der Waals surface area contributed by atoms with E-state index in [1.807, 2.05) is 19.1 Å². The molecule has 0 saturated carbocycles. The zero-order valence-electron chi connectivity index (χ0n) is 23.8. The van der Waals surface area contributed by atoms with Gasteiger partial charge >= 0.3 is 12.3 Å². The number of aromatic nitrogens is 3. The second-order valence-corrected chi connectivity index (χ2v) is 11.1. The van der Waals surface area contributed by atoms with E-state index in [0.717, 1.165) is 22.9 Å². The number of halogens is 3. The van der Waals surface area contributed by atoms with Crippen LogP contribution in [0.4, 0.5) is 18.9 Å². The number of carbonyl (C=O) groups excluding carboxylic acids is 2. The van der Waals surface area contributed by atoms with Gasteiger partial charge in [-0.15, -0.1) is 18.3 Å². The number of aliphatic carboxylic acids is 1. The number of rotatable bonds is 10. The maximum absolute atomic E-state index is 12.8. The van der Waals surface area contributed by atoms with Crippen LogP contribution in [0, 0.1) is 12.8 Å². The molecule has 10 nitrogen and oxygen atoms in total. The molecule has 232 valence electrons. The number of alkyl halides is 3. The fraction of sp³-hybridized carbons (Fsp3) is 0.226. The molecule has 14 heteroatoms. The molecule has 0 spiro atoms. The third-order valence-corrected chi connectivity index (χ3v) is 7.86. The first kappa shape index (κ1) is 31.4. The number of benzene rings is 3. The summed E-state index contributed by atoms with van der Waals surface area (Å²) in [5.41, 5.74) is 3.48. The lowest BCUT2D eigenvalue weighted by molar-refractivity contribution is -0.274. The monoisotopic (exact) mass is 637 g/mol. The van der Waals surface area contributed by atoms with Crippen molar-refractivity contribution in [3.63, 3.8) is 0 Å². The smallest absolute Gasteiger partial charge is 0.481 e. The lowest BCUT2D eigenvalue weighted by Gasteiger charge is -2.18. The van der Waals surface area contributed by atoms with E-state index in [1.165, 1.54) is 40.2 Å². The van der Waals surface area contributed by atoms with E-state index in [2.05, 4.69) is 19.8 Å². The van der Waals surface area contributed by atoms with Crippen molar-refractivity contribution in [3.05, 3.63) is 90.3 Å². The summed E-state index contributed by atoms with van der Waals surface area (Å²) < 4.78 is 42.5. The Morgan fingerprint density at radius 3 is 2.44 bits per heavy atom. The van der Waals surface area contributed by atoms with Crippen LogP contribution < -0.4 is 9.64 Å². The normalized spacial score (nSPS) is 15.0. The minimum Gasteiger partial charge on any atom is -0.481 e. The van der Waals surface area contributed by atoms with Crippen molar-refractivity contribution in [1.29, 1.82) is 0 Å². The molecule has 2 amide bonds. The van der Waals surface area contributed by atoms with Gasteiger partial charge in [-0.3, -0.25) is 19.3 Å². The van der Waals surface area contributed by atoms with Gasteiger partial charge in [0.2, 0.25) is 11.8 Å². The zero-order valence-corrected chi connectivity index (χ0v) is 24.6. The molecule has 1 unspecified atom stereocenters. The number of thioether (sulfide) groups is 1. The van der Waals surface area contributed by atoms with E-state index in [0.29, 0.717) is 29.2 Å². The van der Waals surface area contributed by atoms with Crippen molar-refractivity contribution in [1.82, 2.24) is 14.8 Å². The molecule has 1 atom stereocenters. The minimum atomic E-state index is -4.78. The first-order chi connectivity index (χ1) is 21.5. The fourth-order valence-corrected chi connectivity index (χ4v) is 5.53. The van der Waals surface area contributed by atoms with Gasteiger partial charge in [-0.1, -0.05) is 54.2 Å². The molecule has 1 N–H and O–H groups in total. The number of aryl methyl sites for hydroxylation is 2. The summed E-state index contributed by atoms with van der Waals surface area (Å²) in [5, 5.41) is 14.4. The highest BCUT2D eigenvalue weighted by Gasteiger charge is 2.32. The number of carbonyl (C=O) groups is 3. The number of aliphatic imine (C=N–C) groups is 1. The standard InChI is InChI=1S/C31H26F3N5O5S/c1-19-4-2-3-5-25(19)39-27(41)17-45-30(39)36-26(40)16-22(29(42)43)11-8-20-6-9-21(10-7-20)28-35-18-38(37-28)23-12-14-24(15-13-23)44-31(32,33)34/h2-7,9-10,12-15,18,22H,8,11,16-17H2,1H3,(H,42,43). The first-order valence-electron chi connectivity index (χ1n) is 13.7. The number of nitrogens with zero attached hydrogens (tertiary/aromatic N) is 5. The van der Waals surface area contributed by atoms with E-state index in [9.17, 15) is 32.7 Å². The molecule has 0 radical (unpaired) electrons. The van der Waals surface area contributed by atoms with Crippen LogP contribution in [0.15, 0.2) is 84.1 Å². The number of amidine groups is 1. The van der Waals surface area contributed by atoms with Crippen molar-refractivity contribution >= 4 is 40.4 Å². The van der Waals surface area contributed by atoms with Gasteiger partial charge in [0.15, 0.2) is 11.0 Å². The number of carboxylic acid groups (broad SMARTS) is 1. The second kappa shape index (κ2) is 13.3. The molecular weight excluding hydrogens is 611 g/mol. The Morgan fingerprint density at radius 2 is 1.78 bits per heavy atom.